The molecule has 3 nitrogen and oxygen atoms in total. The van der Waals surface area contributed by atoms with Crippen LogP contribution in [0.2, 0.25) is 0 Å². The Morgan fingerprint density at radius 1 is 1.00 bits per heavy atom. The second-order valence-corrected chi connectivity index (χ2v) is 5.58. The quantitative estimate of drug-likeness (QED) is 0.814. The minimum atomic E-state index is 0.310. The van der Waals surface area contributed by atoms with Gasteiger partial charge in [0.25, 0.3) is 0 Å². The molecule has 0 unspecified atom stereocenters. The molecule has 0 atom stereocenters. The number of nitrogens with zero attached hydrogens (tertiary/aromatic N) is 1. The van der Waals surface area contributed by atoms with Gasteiger partial charge in [-0.3, -0.25) is 4.79 Å². The smallest absolute Gasteiger partial charge is 0.236 e. The molecule has 17 heavy (non-hydrogen) atoms. The fourth-order valence-electron chi connectivity index (χ4n) is 3.03. The number of nitrogens with one attached hydrogen (secondary N) is 1. The zero-order chi connectivity index (χ0) is 11.9. The van der Waals surface area contributed by atoms with Crippen LogP contribution in [0.1, 0.15) is 51.4 Å². The Morgan fingerprint density at radius 3 is 2.29 bits per heavy atom. The Labute approximate surface area is 105 Å². The molecular weight excluding hydrogens is 212 g/mol. The Hall–Kier alpha value is -0.570. The Balaban J connectivity index is 1.61. The van der Waals surface area contributed by atoms with E-state index in [2.05, 4.69) is 10.2 Å². The molecule has 2 aliphatic rings. The van der Waals surface area contributed by atoms with Crippen LogP contribution in [0.15, 0.2) is 0 Å². The topological polar surface area (TPSA) is 32.3 Å². The molecule has 1 amide bonds. The monoisotopic (exact) mass is 238 g/mol. The van der Waals surface area contributed by atoms with Crippen LogP contribution in [-0.4, -0.2) is 37.0 Å². The van der Waals surface area contributed by atoms with Crippen LogP contribution in [-0.2, 0) is 4.79 Å². The summed E-state index contributed by atoms with van der Waals surface area (Å²) in [4.78, 5) is 14.0. The first-order valence-electron chi connectivity index (χ1n) is 7.35. The fraction of sp³-hybridized carbons (Fsp3) is 0.929. The van der Waals surface area contributed by atoms with Gasteiger partial charge >= 0.3 is 0 Å². The molecule has 0 radical (unpaired) electrons. The molecule has 0 aromatic carbocycles. The molecule has 2 fully saturated rings. The minimum absolute atomic E-state index is 0.310. The van der Waals surface area contributed by atoms with Gasteiger partial charge in [0.2, 0.25) is 5.91 Å². The van der Waals surface area contributed by atoms with E-state index in [4.69, 9.17) is 0 Å². The third-order valence-corrected chi connectivity index (χ3v) is 4.14. The maximum Gasteiger partial charge on any atom is 0.236 e. The maximum atomic E-state index is 12.0. The van der Waals surface area contributed by atoms with Crippen molar-refractivity contribution in [2.24, 2.45) is 5.92 Å². The van der Waals surface area contributed by atoms with Crippen LogP contribution in [0.5, 0.6) is 0 Å². The summed E-state index contributed by atoms with van der Waals surface area (Å²) in [5.41, 5.74) is 0. The predicted octanol–water partition coefficient (Wildman–Crippen LogP) is 2.17. The second kappa shape index (κ2) is 7.00. The van der Waals surface area contributed by atoms with E-state index in [9.17, 15) is 4.79 Å². The van der Waals surface area contributed by atoms with Gasteiger partial charge in [-0.15, -0.1) is 0 Å². The first kappa shape index (κ1) is 12.9. The number of likely N-dealkylation sites (tertiary alicyclic amines) is 1. The van der Waals surface area contributed by atoms with Crippen molar-refractivity contribution in [1.82, 2.24) is 10.2 Å². The molecule has 0 aromatic rings. The van der Waals surface area contributed by atoms with Crippen molar-refractivity contribution < 1.29 is 4.79 Å². The van der Waals surface area contributed by atoms with Crippen LogP contribution in [0.3, 0.4) is 0 Å². The van der Waals surface area contributed by atoms with E-state index >= 15 is 0 Å². The lowest BCUT2D eigenvalue weighted by atomic mass is 10.1. The molecule has 0 spiro atoms. The van der Waals surface area contributed by atoms with E-state index in [1.807, 2.05) is 0 Å². The molecule has 3 heteroatoms. The van der Waals surface area contributed by atoms with Gasteiger partial charge in [0.15, 0.2) is 0 Å². The highest BCUT2D eigenvalue weighted by Gasteiger charge is 2.17. The Bertz CT molecular complexity index is 228. The first-order valence-corrected chi connectivity index (χ1v) is 7.35. The van der Waals surface area contributed by atoms with Gasteiger partial charge in [0.05, 0.1) is 6.54 Å². The van der Waals surface area contributed by atoms with E-state index in [0.717, 1.165) is 25.6 Å². The molecule has 0 aromatic heterocycles. The predicted molar refractivity (Wildman–Crippen MR) is 69.9 cm³/mol. The van der Waals surface area contributed by atoms with Crippen molar-refractivity contribution in [2.45, 2.75) is 51.4 Å². The van der Waals surface area contributed by atoms with E-state index in [-0.39, 0.29) is 0 Å². The van der Waals surface area contributed by atoms with Gasteiger partial charge in [0, 0.05) is 13.1 Å². The van der Waals surface area contributed by atoms with Gasteiger partial charge < -0.3 is 10.2 Å². The summed E-state index contributed by atoms with van der Waals surface area (Å²) in [6.45, 7) is 3.55. The largest absolute Gasteiger partial charge is 0.342 e. The molecule has 1 aliphatic heterocycles. The van der Waals surface area contributed by atoms with Crippen molar-refractivity contribution >= 4 is 5.91 Å². The molecule has 0 bridgehead atoms. The number of rotatable bonds is 4. The highest BCUT2D eigenvalue weighted by molar-refractivity contribution is 5.78. The van der Waals surface area contributed by atoms with E-state index in [0.29, 0.717) is 12.5 Å². The van der Waals surface area contributed by atoms with Crippen molar-refractivity contribution in [1.29, 1.82) is 0 Å². The molecule has 1 N–H and O–H groups in total. The normalized spacial score (nSPS) is 22.7. The van der Waals surface area contributed by atoms with Crippen LogP contribution in [0, 0.1) is 5.92 Å². The molecule has 1 saturated heterocycles. The fourth-order valence-corrected chi connectivity index (χ4v) is 3.03. The maximum absolute atomic E-state index is 12.0. The highest BCUT2D eigenvalue weighted by Crippen LogP contribution is 2.23. The van der Waals surface area contributed by atoms with Crippen LogP contribution in [0.25, 0.3) is 0 Å². The van der Waals surface area contributed by atoms with Gasteiger partial charge in [-0.25, -0.2) is 0 Å². The number of carbonyl (C=O) groups excluding carboxylic acids is 1. The van der Waals surface area contributed by atoms with Crippen molar-refractivity contribution in [3.63, 3.8) is 0 Å². The van der Waals surface area contributed by atoms with Crippen molar-refractivity contribution in [2.75, 3.05) is 26.2 Å². The summed E-state index contributed by atoms with van der Waals surface area (Å²) in [6.07, 6.45) is 10.4. The average molecular weight is 238 g/mol. The van der Waals surface area contributed by atoms with Crippen molar-refractivity contribution in [3.05, 3.63) is 0 Å². The molecule has 98 valence electrons. The molecule has 1 heterocycles. The van der Waals surface area contributed by atoms with E-state index < -0.39 is 0 Å². The van der Waals surface area contributed by atoms with E-state index in [1.54, 1.807) is 0 Å². The zero-order valence-corrected chi connectivity index (χ0v) is 10.9. The van der Waals surface area contributed by atoms with Gasteiger partial charge in [-0.2, -0.15) is 0 Å². The van der Waals surface area contributed by atoms with E-state index in [1.165, 1.54) is 51.4 Å². The molecular formula is C14H26N2O. The Kier molecular flexibility index (Phi) is 5.30. The SMILES string of the molecule is O=C(CNCC1CCCC1)N1CCCCCC1. The number of hydrogen-bond donors (Lipinski definition) is 1. The number of amides is 1. The molecule has 1 saturated carbocycles. The zero-order valence-electron chi connectivity index (χ0n) is 10.9. The second-order valence-electron chi connectivity index (χ2n) is 5.58. The summed E-state index contributed by atoms with van der Waals surface area (Å²) in [6, 6.07) is 0. The summed E-state index contributed by atoms with van der Waals surface area (Å²) >= 11 is 0. The summed E-state index contributed by atoms with van der Waals surface area (Å²) in [5, 5.41) is 3.35. The third kappa shape index (κ3) is 4.30. The van der Waals surface area contributed by atoms with Gasteiger partial charge in [-0.05, 0) is 38.1 Å². The summed E-state index contributed by atoms with van der Waals surface area (Å²) in [5.74, 6) is 1.14. The third-order valence-electron chi connectivity index (χ3n) is 4.14. The summed E-state index contributed by atoms with van der Waals surface area (Å²) in [7, 11) is 0. The first-order chi connectivity index (χ1) is 8.36. The van der Waals surface area contributed by atoms with Crippen LogP contribution in [0.4, 0.5) is 0 Å². The lowest BCUT2D eigenvalue weighted by Gasteiger charge is -2.21. The van der Waals surface area contributed by atoms with Crippen LogP contribution < -0.4 is 5.32 Å². The van der Waals surface area contributed by atoms with Crippen LogP contribution >= 0.6 is 0 Å². The average Bonchev–Trinajstić information content (AvgIpc) is 2.69. The van der Waals surface area contributed by atoms with Gasteiger partial charge in [-0.1, -0.05) is 25.7 Å². The lowest BCUT2D eigenvalue weighted by molar-refractivity contribution is -0.130. The minimum Gasteiger partial charge on any atom is -0.342 e. The molecule has 2 rings (SSSR count). The Morgan fingerprint density at radius 2 is 1.65 bits per heavy atom. The lowest BCUT2D eigenvalue weighted by Crippen LogP contribution is -2.39. The number of hydrogen-bond acceptors (Lipinski definition) is 2. The highest BCUT2D eigenvalue weighted by atomic mass is 16.2. The van der Waals surface area contributed by atoms with Gasteiger partial charge in [0.1, 0.15) is 0 Å². The summed E-state index contributed by atoms with van der Waals surface area (Å²) < 4.78 is 0. The standard InChI is InChI=1S/C14H26N2O/c17-14(16-9-5-1-2-6-10-16)12-15-11-13-7-3-4-8-13/h13,15H,1-12H2. The van der Waals surface area contributed by atoms with Crippen molar-refractivity contribution in [3.8, 4) is 0 Å². The number of carbonyl (C=O) groups is 1. The molecule has 1 aliphatic carbocycles.